The van der Waals surface area contributed by atoms with Crippen LogP contribution in [0.3, 0.4) is 0 Å². The van der Waals surface area contributed by atoms with Gasteiger partial charge in [0.15, 0.2) is 17.4 Å². The van der Waals surface area contributed by atoms with Crippen LogP contribution in [0, 0.1) is 69.0 Å². The van der Waals surface area contributed by atoms with Gasteiger partial charge in [0.05, 0.1) is 13.2 Å². The van der Waals surface area contributed by atoms with Crippen LogP contribution in [-0.4, -0.2) is 164 Å². The van der Waals surface area contributed by atoms with Crippen LogP contribution in [0.1, 0.15) is 290 Å². The number of hydrogen-bond acceptors (Lipinski definition) is 16. The van der Waals surface area contributed by atoms with Crippen LogP contribution in [0.15, 0.2) is 147 Å². The lowest BCUT2D eigenvalue weighted by Crippen LogP contribution is -2.51. The summed E-state index contributed by atoms with van der Waals surface area (Å²) in [6.45, 7) is 34.6. The van der Waals surface area contributed by atoms with Crippen LogP contribution in [0.4, 0.5) is 0 Å². The van der Waals surface area contributed by atoms with E-state index in [-0.39, 0.29) is 62.1 Å². The number of benzene rings is 3. The summed E-state index contributed by atoms with van der Waals surface area (Å²) >= 11 is 0. The second kappa shape index (κ2) is 36.1. The van der Waals surface area contributed by atoms with Crippen molar-refractivity contribution in [2.75, 3.05) is 91.9 Å². The summed E-state index contributed by atoms with van der Waals surface area (Å²) in [6, 6.07) is 25.9. The van der Waals surface area contributed by atoms with Crippen LogP contribution in [0.25, 0.3) is 5.57 Å². The normalized spacial score (nSPS) is 34.6. The van der Waals surface area contributed by atoms with E-state index in [9.17, 15) is 33.6 Å². The molecule has 1 spiro atoms. The Labute approximate surface area is 750 Å². The fraction of sp³-hybridized carbons (Fsp3) is 0.645. The summed E-state index contributed by atoms with van der Waals surface area (Å²) < 4.78 is 36.7. The Morgan fingerprint density at radius 2 is 0.849 bits per heavy atom. The van der Waals surface area contributed by atoms with Gasteiger partial charge in [-0.1, -0.05) is 128 Å². The number of carbonyl (C=O) groups is 7. The minimum atomic E-state index is -0.375. The molecule has 0 aromatic heterocycles. The number of nitrogens with zero attached hydrogens (tertiary/aromatic N) is 3. The molecule has 0 N–H and O–H groups in total. The first-order valence-corrected chi connectivity index (χ1v) is 49.9. The van der Waals surface area contributed by atoms with Gasteiger partial charge in [0.2, 0.25) is 0 Å². The van der Waals surface area contributed by atoms with E-state index in [2.05, 4.69) is 163 Å². The van der Waals surface area contributed by atoms with Gasteiger partial charge in [-0.15, -0.1) is 0 Å². The monoisotopic (exact) mass is 1710 g/mol. The molecule has 18 aliphatic rings. The molecule has 16 atom stereocenters. The molecule has 3 aromatic carbocycles. The van der Waals surface area contributed by atoms with Crippen molar-refractivity contribution in [3.8, 4) is 17.2 Å². The number of allylic oxidation sites excluding steroid dienone is 13. The largest absolute Gasteiger partial charge is 0.492 e. The maximum atomic E-state index is 13.1. The van der Waals surface area contributed by atoms with E-state index >= 15 is 0 Å². The smallest absolute Gasteiger partial charge is 0.171 e. The zero-order chi connectivity index (χ0) is 87.8. The van der Waals surface area contributed by atoms with E-state index < -0.39 is 0 Å². The van der Waals surface area contributed by atoms with Gasteiger partial charge in [0.1, 0.15) is 77.2 Å². The molecule has 3 aromatic rings. The van der Waals surface area contributed by atoms with Gasteiger partial charge in [0, 0.05) is 117 Å². The first kappa shape index (κ1) is 89.3. The van der Waals surface area contributed by atoms with Gasteiger partial charge in [-0.2, -0.15) is 0 Å². The molecular weight excluding hydrogens is 1570 g/mol. The summed E-state index contributed by atoms with van der Waals surface area (Å²) in [5.41, 5.74) is 18.7. The molecule has 16 aliphatic carbocycles. The number of carbonyl (C=O) groups excluding carboxylic acids is 7. The molecular formula is C110H143N3O13. The average Bonchev–Trinajstić information content (AvgIpc) is 1.48. The number of fused-ring (bicyclic) bond motifs is 15. The highest BCUT2D eigenvalue weighted by Gasteiger charge is 2.79. The Hall–Kier alpha value is -7.31. The molecule has 2 saturated heterocycles. The molecule has 21 rings (SSSR count). The number of likely N-dealkylation sites (N-methyl/N-ethyl adjacent to an activating group) is 3. The predicted molar refractivity (Wildman–Crippen MR) is 492 cm³/mol. The Morgan fingerprint density at radius 3 is 1.33 bits per heavy atom. The van der Waals surface area contributed by atoms with Crippen LogP contribution in [0.2, 0.25) is 0 Å². The van der Waals surface area contributed by atoms with Gasteiger partial charge in [-0.05, 0) is 325 Å². The molecule has 16 heteroatoms. The van der Waals surface area contributed by atoms with Crippen molar-refractivity contribution < 1.29 is 62.0 Å². The predicted octanol–water partition coefficient (Wildman–Crippen LogP) is 20.9. The first-order valence-electron chi connectivity index (χ1n) is 49.9. The molecule has 0 amide bonds. The number of ketones is 7. The van der Waals surface area contributed by atoms with Crippen LogP contribution in [0.5, 0.6) is 17.2 Å². The van der Waals surface area contributed by atoms with E-state index in [1.54, 1.807) is 16.7 Å². The van der Waals surface area contributed by atoms with Crippen molar-refractivity contribution in [2.24, 2.45) is 69.0 Å². The Balaban J connectivity index is 0.000000115. The molecule has 676 valence electrons. The molecule has 10 unspecified atom stereocenters. The number of Topliss-reactive ketones (excluding diaryl/α,β-unsaturated/α-hetero) is 5. The van der Waals surface area contributed by atoms with Crippen LogP contribution >= 0.6 is 0 Å². The minimum absolute atomic E-state index is 0.0473. The molecule has 2 aliphatic heterocycles. The summed E-state index contributed by atoms with van der Waals surface area (Å²) in [5.74, 6) is 9.53. The molecule has 16 nitrogen and oxygen atoms in total. The second-order valence-corrected chi connectivity index (χ2v) is 41.9. The molecule has 10 fully saturated rings. The van der Waals surface area contributed by atoms with E-state index in [0.29, 0.717) is 122 Å². The third-order valence-corrected chi connectivity index (χ3v) is 36.2. The van der Waals surface area contributed by atoms with Crippen molar-refractivity contribution in [3.05, 3.63) is 163 Å². The molecule has 2 heterocycles. The van der Waals surface area contributed by atoms with Crippen molar-refractivity contribution >= 4 is 46.1 Å². The van der Waals surface area contributed by atoms with E-state index in [1.807, 2.05) is 12.2 Å². The summed E-state index contributed by atoms with van der Waals surface area (Å²) in [5, 5.41) is 0. The van der Waals surface area contributed by atoms with Gasteiger partial charge >= 0.3 is 0 Å². The molecule has 0 radical (unpaired) electrons. The fourth-order valence-electron chi connectivity index (χ4n) is 29.1. The molecule has 0 bridgehead atoms. The van der Waals surface area contributed by atoms with Gasteiger partial charge in [-0.25, -0.2) is 0 Å². The Morgan fingerprint density at radius 1 is 0.413 bits per heavy atom. The lowest BCUT2D eigenvalue weighted by Gasteiger charge is -2.50. The summed E-state index contributed by atoms with van der Waals surface area (Å²) in [4.78, 5) is 95.3. The maximum Gasteiger partial charge on any atom is 0.171 e. The van der Waals surface area contributed by atoms with Gasteiger partial charge < -0.3 is 43.1 Å². The Kier molecular flexibility index (Phi) is 25.6. The highest BCUT2D eigenvalue weighted by molar-refractivity contribution is 5.95. The van der Waals surface area contributed by atoms with Crippen molar-refractivity contribution in [1.29, 1.82) is 0 Å². The third kappa shape index (κ3) is 16.2. The van der Waals surface area contributed by atoms with E-state index in [4.69, 9.17) is 28.4 Å². The zero-order valence-corrected chi connectivity index (χ0v) is 77.7. The maximum absolute atomic E-state index is 13.1. The van der Waals surface area contributed by atoms with Crippen LogP contribution < -0.4 is 14.2 Å². The van der Waals surface area contributed by atoms with Crippen molar-refractivity contribution in [3.63, 3.8) is 0 Å². The van der Waals surface area contributed by atoms with Crippen molar-refractivity contribution in [1.82, 2.24) is 14.7 Å². The van der Waals surface area contributed by atoms with Crippen molar-refractivity contribution in [2.45, 2.75) is 291 Å². The van der Waals surface area contributed by atoms with E-state index in [0.717, 1.165) is 256 Å². The first-order chi connectivity index (χ1) is 60.8. The summed E-state index contributed by atoms with van der Waals surface area (Å²) in [6.07, 6.45) is 33.5. The number of hydrogen-bond donors (Lipinski definition) is 0. The topological polar surface area (TPSA) is 188 Å². The highest BCUT2D eigenvalue weighted by atomic mass is 16.7. The van der Waals surface area contributed by atoms with Crippen LogP contribution in [-0.2, 0) is 47.8 Å². The van der Waals surface area contributed by atoms with Gasteiger partial charge in [-0.3, -0.25) is 33.6 Å². The second-order valence-electron chi connectivity index (χ2n) is 41.9. The van der Waals surface area contributed by atoms with E-state index in [1.165, 1.54) is 61.3 Å². The molecule has 8 saturated carbocycles. The number of rotatable bonds is 21. The average molecular weight is 1720 g/mol. The standard InChI is InChI=1S/3C30H39NO3.C20H26O4/c3*1-4-31(5-2)16-17-34-23-10-6-20(7-11-23)26-19-30(3)27(14-15-28(30)33)25-12-8-21-18-22(32)9-13-24(21)29(25)26;1-17-6-5-15-13(14(17)2-3-16(17)21)4-7-18-12-19(22-10-11-23-19)8-9-20(15,18)24-18/h6-7,10-11,25,27H,4-5,8-9,12-19H2,1-3H3;2*6-7,10-11,18,25-27H,4-5,8-9,12-17,19H2,1-3H3;5,13-14H,2-4,6-12H2,1H3/t25?,27?,30-;25?,26-,27?,30+;25?,26-,27?,30-;13?,14?,17-,18?,20?/m0100/s1. The SMILES string of the molecule is CCN(CC)CCOc1ccc(C2=C3C4=C(CCC3C3CCC(=O)[C@@]3(C)C2)CC(=O)CC4)cc1.CCN(CC)CCOc1ccc([C@@H]2C[C@]3(C)C(=O)CCC3C3CCC4=CC(=O)CCC4=C32)cc1.CCN(CC)CCOc1ccc([C@H]2C[C@]3(C)C(=O)CCC3C3CCC4=CC(=O)CCC4=C32)cc1.C[C@]12CC=C3C(CCC45CC6(CCC34O5)OCCO6)C1CCC2=O. The lowest BCUT2D eigenvalue weighted by atomic mass is 9.53. The highest BCUT2D eigenvalue weighted by Crippen LogP contribution is 2.74. The third-order valence-electron chi connectivity index (χ3n) is 36.2. The zero-order valence-electron chi connectivity index (χ0n) is 77.7. The van der Waals surface area contributed by atoms with Gasteiger partial charge in [0.25, 0.3) is 0 Å². The quantitative estimate of drug-likeness (QED) is 0.0723. The summed E-state index contributed by atoms with van der Waals surface area (Å²) in [7, 11) is 0. The lowest BCUT2D eigenvalue weighted by molar-refractivity contribution is -0.185. The number of ether oxygens (including phenoxy) is 6. The minimum Gasteiger partial charge on any atom is -0.492 e. The fourth-order valence-corrected chi connectivity index (χ4v) is 29.1. The molecule has 126 heavy (non-hydrogen) atoms. The Bertz CT molecular complexity index is 4780. The number of epoxide rings is 1.